The van der Waals surface area contributed by atoms with Gasteiger partial charge in [0.15, 0.2) is 0 Å². The van der Waals surface area contributed by atoms with Crippen LogP contribution in [0.25, 0.3) is 6.08 Å². The predicted molar refractivity (Wildman–Crippen MR) is 98.3 cm³/mol. The highest BCUT2D eigenvalue weighted by Gasteiger charge is 2.23. The van der Waals surface area contributed by atoms with Gasteiger partial charge in [0.05, 0.1) is 18.1 Å². The second-order valence-electron chi connectivity index (χ2n) is 6.70. The van der Waals surface area contributed by atoms with Crippen molar-refractivity contribution >= 4 is 23.7 Å². The van der Waals surface area contributed by atoms with Gasteiger partial charge in [0.1, 0.15) is 11.9 Å². The fourth-order valence-electron chi connectivity index (χ4n) is 3.09. The van der Waals surface area contributed by atoms with E-state index >= 15 is 0 Å². The second kappa shape index (κ2) is 9.86. The van der Waals surface area contributed by atoms with Gasteiger partial charge in [-0.2, -0.15) is 0 Å². The number of anilines is 1. The number of nitrogens with zero attached hydrogens (tertiary/aromatic N) is 2. The molecule has 1 heterocycles. The Hall–Kier alpha value is -2.48. The van der Waals surface area contributed by atoms with Gasteiger partial charge < -0.3 is 10.6 Å². The van der Waals surface area contributed by atoms with E-state index in [9.17, 15) is 9.59 Å². The van der Waals surface area contributed by atoms with Crippen LogP contribution in [0.4, 0.5) is 5.82 Å². The Morgan fingerprint density at radius 1 is 1.19 bits per heavy atom. The van der Waals surface area contributed by atoms with Gasteiger partial charge in [-0.05, 0) is 38.7 Å². The molecule has 1 aliphatic carbocycles. The molecule has 1 saturated carbocycles. The normalized spacial score (nSPS) is 17.5. The van der Waals surface area contributed by atoms with E-state index in [2.05, 4.69) is 27.5 Å². The van der Waals surface area contributed by atoms with Crippen molar-refractivity contribution in [3.05, 3.63) is 24.2 Å². The van der Waals surface area contributed by atoms with Gasteiger partial charge in [-0.25, -0.2) is 10.5 Å². The molecule has 0 saturated heterocycles. The van der Waals surface area contributed by atoms with Crippen molar-refractivity contribution in [3.63, 3.8) is 0 Å². The summed E-state index contributed by atoms with van der Waals surface area (Å²) in [6.07, 6.45) is 11.7. The molecule has 0 bridgehead atoms. The number of carbonyl (C=O) groups excluding carboxylic acids is 2. The van der Waals surface area contributed by atoms with Crippen LogP contribution in [0, 0.1) is 5.92 Å². The highest BCUT2D eigenvalue weighted by molar-refractivity contribution is 5.90. The topological polar surface area (TPSA) is 116 Å². The van der Waals surface area contributed by atoms with Gasteiger partial charge in [-0.3, -0.25) is 19.8 Å². The third kappa shape index (κ3) is 6.11. The zero-order valence-corrected chi connectivity index (χ0v) is 15.2. The number of hydrogen-bond acceptors (Lipinski definition) is 6. The van der Waals surface area contributed by atoms with Crippen LogP contribution in [-0.4, -0.2) is 39.1 Å². The molecule has 1 aromatic rings. The smallest absolute Gasteiger partial charge is 0.267 e. The van der Waals surface area contributed by atoms with Crippen molar-refractivity contribution in [1.29, 1.82) is 0 Å². The summed E-state index contributed by atoms with van der Waals surface area (Å²) >= 11 is 0. The van der Waals surface area contributed by atoms with Crippen molar-refractivity contribution in [2.24, 2.45) is 5.92 Å². The molecular formula is C18H27N5O3. The molecule has 8 heteroatoms. The fraction of sp³-hybridized carbons (Fsp3) is 0.556. The maximum atomic E-state index is 12.4. The van der Waals surface area contributed by atoms with Crippen LogP contribution in [0.1, 0.15) is 51.6 Å². The summed E-state index contributed by atoms with van der Waals surface area (Å²) in [4.78, 5) is 31.6. The molecule has 2 atom stereocenters. The highest BCUT2D eigenvalue weighted by atomic mass is 16.5. The summed E-state index contributed by atoms with van der Waals surface area (Å²) in [6.45, 7) is 3.86. The average molecular weight is 361 g/mol. The van der Waals surface area contributed by atoms with E-state index < -0.39 is 11.9 Å². The zero-order valence-electron chi connectivity index (χ0n) is 15.2. The second-order valence-corrected chi connectivity index (χ2v) is 6.70. The van der Waals surface area contributed by atoms with Crippen LogP contribution >= 0.6 is 0 Å². The van der Waals surface area contributed by atoms with Gasteiger partial charge in [-0.15, -0.1) is 0 Å². The highest BCUT2D eigenvalue weighted by Crippen LogP contribution is 2.26. The lowest BCUT2D eigenvalue weighted by Gasteiger charge is -2.29. The fourth-order valence-corrected chi connectivity index (χ4v) is 3.09. The molecule has 0 aliphatic heterocycles. The van der Waals surface area contributed by atoms with Crippen LogP contribution in [0.5, 0.6) is 0 Å². The van der Waals surface area contributed by atoms with E-state index in [-0.39, 0.29) is 11.9 Å². The zero-order chi connectivity index (χ0) is 18.9. The van der Waals surface area contributed by atoms with Crippen molar-refractivity contribution < 1.29 is 14.8 Å². The molecule has 1 aliphatic rings. The molecule has 0 spiro atoms. The number of hydroxylamine groups is 1. The molecule has 2 amide bonds. The van der Waals surface area contributed by atoms with Crippen molar-refractivity contribution in [1.82, 2.24) is 20.8 Å². The van der Waals surface area contributed by atoms with Crippen LogP contribution in [0.3, 0.4) is 0 Å². The quantitative estimate of drug-likeness (QED) is 0.335. The van der Waals surface area contributed by atoms with E-state index in [0.717, 1.165) is 6.08 Å². The van der Waals surface area contributed by atoms with E-state index in [1.165, 1.54) is 56.1 Å². The Morgan fingerprint density at radius 2 is 1.92 bits per heavy atom. The van der Waals surface area contributed by atoms with E-state index in [0.29, 0.717) is 17.4 Å². The lowest BCUT2D eigenvalue weighted by atomic mass is 9.84. The summed E-state index contributed by atoms with van der Waals surface area (Å²) in [5.41, 5.74) is 1.95. The minimum absolute atomic E-state index is 0.0616. The average Bonchev–Trinajstić information content (AvgIpc) is 2.67. The van der Waals surface area contributed by atoms with Gasteiger partial charge >= 0.3 is 0 Å². The molecule has 0 aromatic carbocycles. The number of amides is 2. The van der Waals surface area contributed by atoms with Crippen LogP contribution < -0.4 is 16.1 Å². The molecule has 0 unspecified atom stereocenters. The van der Waals surface area contributed by atoms with Crippen molar-refractivity contribution in [2.75, 3.05) is 5.32 Å². The standard InChI is InChI=1S/C18H27N5O3/c1-12(14-6-4-3-5-7-14)22-18(25)13(2)21-16-11-19-15(10-20-16)8-9-17(24)23-26/h8-14,26H,3-7H2,1-2H3,(H,20,21)(H,22,25)(H,23,24)/t12-,13-/m1/s1. The predicted octanol–water partition coefficient (Wildman–Crippen LogP) is 1.88. The number of aromatic nitrogens is 2. The summed E-state index contributed by atoms with van der Waals surface area (Å²) in [5, 5.41) is 14.5. The number of carbonyl (C=O) groups is 2. The minimum atomic E-state index is -0.647. The largest absolute Gasteiger partial charge is 0.357 e. The maximum Gasteiger partial charge on any atom is 0.267 e. The van der Waals surface area contributed by atoms with Crippen LogP contribution in [0.2, 0.25) is 0 Å². The van der Waals surface area contributed by atoms with Gasteiger partial charge in [0.25, 0.3) is 5.91 Å². The molecule has 1 fully saturated rings. The molecule has 1 aromatic heterocycles. The summed E-state index contributed by atoms with van der Waals surface area (Å²) < 4.78 is 0. The Morgan fingerprint density at radius 3 is 2.54 bits per heavy atom. The SMILES string of the molecule is C[C@@H](Nc1cnc(C=CC(=O)NO)cn1)C(=O)N[C@H](C)C1CCCCC1. The first-order valence-electron chi connectivity index (χ1n) is 9.00. The third-order valence-corrected chi connectivity index (χ3v) is 4.67. The monoisotopic (exact) mass is 361 g/mol. The van der Waals surface area contributed by atoms with E-state index in [4.69, 9.17) is 5.21 Å². The lowest BCUT2D eigenvalue weighted by Crippen LogP contribution is -2.45. The van der Waals surface area contributed by atoms with Gasteiger partial charge in [0, 0.05) is 12.1 Å². The summed E-state index contributed by atoms with van der Waals surface area (Å²) in [5.74, 6) is 0.323. The van der Waals surface area contributed by atoms with Crippen molar-refractivity contribution in [2.45, 2.75) is 58.0 Å². The number of rotatable bonds is 7. The first-order chi connectivity index (χ1) is 12.5. The Kier molecular flexibility index (Phi) is 7.53. The lowest BCUT2D eigenvalue weighted by molar-refractivity contribution is -0.124. The van der Waals surface area contributed by atoms with Gasteiger partial charge in [-0.1, -0.05) is 19.3 Å². The summed E-state index contributed by atoms with van der Waals surface area (Å²) in [7, 11) is 0. The van der Waals surface area contributed by atoms with Crippen molar-refractivity contribution in [3.8, 4) is 0 Å². The molecule has 26 heavy (non-hydrogen) atoms. The first-order valence-corrected chi connectivity index (χ1v) is 9.00. The molecule has 4 N–H and O–H groups in total. The summed E-state index contributed by atoms with van der Waals surface area (Å²) in [6, 6.07) is -0.264. The Labute approximate surface area is 153 Å². The van der Waals surface area contributed by atoms with E-state index in [1.54, 1.807) is 6.92 Å². The minimum Gasteiger partial charge on any atom is -0.357 e. The molecular weight excluding hydrogens is 334 g/mol. The van der Waals surface area contributed by atoms with Crippen LogP contribution in [-0.2, 0) is 9.59 Å². The molecule has 8 nitrogen and oxygen atoms in total. The van der Waals surface area contributed by atoms with E-state index in [1.807, 2.05) is 0 Å². The molecule has 0 radical (unpaired) electrons. The Balaban J connectivity index is 1.84. The molecule has 2 rings (SSSR count). The molecule has 142 valence electrons. The Bertz CT molecular complexity index is 626. The number of hydrogen-bond donors (Lipinski definition) is 4. The third-order valence-electron chi connectivity index (χ3n) is 4.67. The van der Waals surface area contributed by atoms with Crippen LogP contribution in [0.15, 0.2) is 18.5 Å². The first kappa shape index (κ1) is 19.8. The maximum absolute atomic E-state index is 12.4. The van der Waals surface area contributed by atoms with Gasteiger partial charge in [0.2, 0.25) is 5.91 Å². The number of nitrogens with one attached hydrogen (secondary N) is 3.